The van der Waals surface area contributed by atoms with E-state index in [4.69, 9.17) is 11.6 Å². The van der Waals surface area contributed by atoms with Crippen molar-refractivity contribution in [1.82, 2.24) is 5.32 Å². The first-order valence-corrected chi connectivity index (χ1v) is 9.66. The van der Waals surface area contributed by atoms with E-state index in [0.29, 0.717) is 17.5 Å². The lowest BCUT2D eigenvalue weighted by atomic mass is 9.89. The van der Waals surface area contributed by atoms with Crippen LogP contribution in [0.3, 0.4) is 0 Å². The largest absolute Gasteiger partial charge is 0.352 e. The molecule has 1 aliphatic carbocycles. The van der Waals surface area contributed by atoms with Crippen LogP contribution in [-0.4, -0.2) is 18.4 Å². The number of hydrogen-bond donors (Lipinski definition) is 2. The highest BCUT2D eigenvalue weighted by Gasteiger charge is 2.20. The minimum absolute atomic E-state index is 0.175. The van der Waals surface area contributed by atoms with Gasteiger partial charge in [0.15, 0.2) is 11.6 Å². The molecule has 1 aliphatic rings. The third-order valence-electron chi connectivity index (χ3n) is 4.95. The van der Waals surface area contributed by atoms with E-state index in [2.05, 4.69) is 10.6 Å². The number of anilines is 1. The molecule has 0 aromatic heterocycles. The zero-order valence-corrected chi connectivity index (χ0v) is 16.0. The highest BCUT2D eigenvalue weighted by Crippen LogP contribution is 2.25. The van der Waals surface area contributed by atoms with E-state index in [-0.39, 0.29) is 17.2 Å². The van der Waals surface area contributed by atoms with Crippen LogP contribution in [0.5, 0.6) is 0 Å². The second kappa shape index (κ2) is 9.15. The van der Waals surface area contributed by atoms with Gasteiger partial charge in [-0.25, -0.2) is 8.78 Å². The molecular formula is C21H21ClF2N2O2. The van der Waals surface area contributed by atoms with Crippen molar-refractivity contribution >= 4 is 29.1 Å². The van der Waals surface area contributed by atoms with Gasteiger partial charge in [0.05, 0.1) is 16.8 Å². The minimum Gasteiger partial charge on any atom is -0.352 e. The first-order valence-electron chi connectivity index (χ1n) is 9.29. The molecule has 0 heterocycles. The molecule has 2 aromatic carbocycles. The maximum Gasteiger partial charge on any atom is 0.258 e. The summed E-state index contributed by atoms with van der Waals surface area (Å²) < 4.78 is 27.2. The van der Waals surface area contributed by atoms with E-state index in [0.717, 1.165) is 31.7 Å². The average molecular weight is 407 g/mol. The second-order valence-corrected chi connectivity index (χ2v) is 7.40. The Morgan fingerprint density at radius 3 is 2.50 bits per heavy atom. The van der Waals surface area contributed by atoms with Crippen molar-refractivity contribution in [2.45, 2.75) is 32.1 Å². The average Bonchev–Trinajstić information content (AvgIpc) is 2.70. The van der Waals surface area contributed by atoms with Crippen LogP contribution in [0.1, 0.15) is 52.8 Å². The maximum atomic E-state index is 13.9. The van der Waals surface area contributed by atoms with Gasteiger partial charge in [-0.15, -0.1) is 0 Å². The first kappa shape index (κ1) is 20.3. The Balaban J connectivity index is 1.75. The topological polar surface area (TPSA) is 58.2 Å². The van der Waals surface area contributed by atoms with E-state index >= 15 is 0 Å². The molecular weight excluding hydrogens is 386 g/mol. The van der Waals surface area contributed by atoms with Gasteiger partial charge in [0.1, 0.15) is 0 Å². The summed E-state index contributed by atoms with van der Waals surface area (Å²) in [5, 5.41) is 5.69. The molecule has 0 atom stereocenters. The van der Waals surface area contributed by atoms with Gasteiger partial charge < -0.3 is 10.6 Å². The third-order valence-corrected chi connectivity index (χ3v) is 5.18. The van der Waals surface area contributed by atoms with Crippen LogP contribution in [0.15, 0.2) is 36.4 Å². The number of carbonyl (C=O) groups is 2. The van der Waals surface area contributed by atoms with Crippen LogP contribution in [0.4, 0.5) is 14.5 Å². The van der Waals surface area contributed by atoms with Crippen LogP contribution in [0, 0.1) is 17.6 Å². The van der Waals surface area contributed by atoms with Crippen molar-refractivity contribution < 1.29 is 18.4 Å². The molecule has 0 aliphatic heterocycles. The summed E-state index contributed by atoms with van der Waals surface area (Å²) in [6.07, 6.45) is 5.72. The number of halogens is 3. The molecule has 0 unspecified atom stereocenters. The standard InChI is InChI=1S/C21H21ClF2N2O2/c22-14-9-10-18(26-21(28)15-7-4-8-17(23)19(15)24)16(11-14)20(27)25-12-13-5-2-1-3-6-13/h4,7-11,13H,1-3,5-6,12H2,(H,25,27)(H,26,28). The predicted octanol–water partition coefficient (Wildman–Crippen LogP) is 5.18. The summed E-state index contributed by atoms with van der Waals surface area (Å²) in [6.45, 7) is 0.553. The molecule has 28 heavy (non-hydrogen) atoms. The van der Waals surface area contributed by atoms with Crippen LogP contribution >= 0.6 is 11.6 Å². The van der Waals surface area contributed by atoms with E-state index in [9.17, 15) is 18.4 Å². The fourth-order valence-electron chi connectivity index (χ4n) is 3.41. The number of amides is 2. The summed E-state index contributed by atoms with van der Waals surface area (Å²) >= 11 is 6.01. The number of benzene rings is 2. The van der Waals surface area contributed by atoms with Gasteiger partial charge in [-0.2, -0.15) is 0 Å². The quantitative estimate of drug-likeness (QED) is 0.718. The monoisotopic (exact) mass is 406 g/mol. The fourth-order valence-corrected chi connectivity index (χ4v) is 3.58. The van der Waals surface area contributed by atoms with Crippen molar-refractivity contribution in [2.75, 3.05) is 11.9 Å². The number of rotatable bonds is 5. The molecule has 0 bridgehead atoms. The summed E-state index contributed by atoms with van der Waals surface area (Å²) in [5.74, 6) is -3.13. The summed E-state index contributed by atoms with van der Waals surface area (Å²) in [6, 6.07) is 7.76. The lowest BCUT2D eigenvalue weighted by molar-refractivity contribution is 0.0944. The summed E-state index contributed by atoms with van der Waals surface area (Å²) in [4.78, 5) is 25.0. The van der Waals surface area contributed by atoms with Crippen LogP contribution in [-0.2, 0) is 0 Å². The van der Waals surface area contributed by atoms with Gasteiger partial charge in [-0.1, -0.05) is 36.9 Å². The van der Waals surface area contributed by atoms with Gasteiger partial charge >= 0.3 is 0 Å². The summed E-state index contributed by atoms with van der Waals surface area (Å²) in [5.41, 5.74) is -0.0869. The smallest absolute Gasteiger partial charge is 0.258 e. The molecule has 2 amide bonds. The highest BCUT2D eigenvalue weighted by molar-refractivity contribution is 6.31. The molecule has 148 valence electrons. The minimum atomic E-state index is -1.24. The van der Waals surface area contributed by atoms with E-state index in [1.165, 1.54) is 36.8 Å². The Kier molecular flexibility index (Phi) is 6.62. The molecule has 4 nitrogen and oxygen atoms in total. The molecule has 7 heteroatoms. The lowest BCUT2D eigenvalue weighted by Gasteiger charge is -2.22. The first-order chi connectivity index (χ1) is 13.5. The Hall–Kier alpha value is -2.47. The molecule has 3 rings (SSSR count). The van der Waals surface area contributed by atoms with Crippen molar-refractivity contribution in [1.29, 1.82) is 0 Å². The summed E-state index contributed by atoms with van der Waals surface area (Å²) in [7, 11) is 0. The Bertz CT molecular complexity index is 883. The lowest BCUT2D eigenvalue weighted by Crippen LogP contribution is -2.31. The molecule has 1 saturated carbocycles. The predicted molar refractivity (Wildman–Crippen MR) is 105 cm³/mol. The van der Waals surface area contributed by atoms with Gasteiger partial charge in [0.25, 0.3) is 11.8 Å². The SMILES string of the molecule is O=C(NCC1CCCCC1)c1cc(Cl)ccc1NC(=O)c1cccc(F)c1F. The van der Waals surface area contributed by atoms with Gasteiger partial charge in [-0.3, -0.25) is 9.59 Å². The molecule has 1 fully saturated rings. The number of nitrogens with one attached hydrogen (secondary N) is 2. The van der Waals surface area contributed by atoms with E-state index in [1.807, 2.05) is 0 Å². The highest BCUT2D eigenvalue weighted by atomic mass is 35.5. The van der Waals surface area contributed by atoms with Crippen molar-refractivity contribution in [3.8, 4) is 0 Å². The van der Waals surface area contributed by atoms with Gasteiger partial charge in [0, 0.05) is 11.6 Å². The third kappa shape index (κ3) is 4.87. The normalized spacial score (nSPS) is 14.5. The Labute approximate surface area is 167 Å². The molecule has 2 N–H and O–H groups in total. The number of hydrogen-bond acceptors (Lipinski definition) is 2. The Morgan fingerprint density at radius 2 is 1.75 bits per heavy atom. The van der Waals surface area contributed by atoms with Crippen molar-refractivity contribution in [3.05, 3.63) is 64.2 Å². The van der Waals surface area contributed by atoms with E-state index in [1.54, 1.807) is 0 Å². The molecule has 2 aromatic rings. The van der Waals surface area contributed by atoms with Crippen molar-refractivity contribution in [3.63, 3.8) is 0 Å². The molecule has 0 spiro atoms. The van der Waals surface area contributed by atoms with Gasteiger partial charge in [0.2, 0.25) is 0 Å². The molecule has 0 saturated heterocycles. The molecule has 0 radical (unpaired) electrons. The zero-order chi connectivity index (χ0) is 20.1. The van der Waals surface area contributed by atoms with Crippen LogP contribution in [0.2, 0.25) is 5.02 Å². The fraction of sp³-hybridized carbons (Fsp3) is 0.333. The van der Waals surface area contributed by atoms with Crippen LogP contribution in [0.25, 0.3) is 0 Å². The van der Waals surface area contributed by atoms with Crippen LogP contribution < -0.4 is 10.6 Å². The Morgan fingerprint density at radius 1 is 1.00 bits per heavy atom. The van der Waals surface area contributed by atoms with Crippen molar-refractivity contribution in [2.24, 2.45) is 5.92 Å². The number of carbonyl (C=O) groups excluding carboxylic acids is 2. The zero-order valence-electron chi connectivity index (χ0n) is 15.2. The van der Waals surface area contributed by atoms with E-state index < -0.39 is 23.1 Å². The van der Waals surface area contributed by atoms with Gasteiger partial charge in [-0.05, 0) is 49.1 Å². The second-order valence-electron chi connectivity index (χ2n) is 6.96. The maximum absolute atomic E-state index is 13.9.